The largest absolute Gasteiger partial charge is 0.457 e. The Morgan fingerprint density at radius 1 is 1.06 bits per heavy atom. The quantitative estimate of drug-likeness (QED) is 0.284. The molecular weight excluding hydrogens is 615 g/mol. The molecule has 0 spiro atoms. The molecule has 9 nitrogen and oxygen atoms in total. The van der Waals surface area contributed by atoms with Gasteiger partial charge in [-0.05, 0) is 56.6 Å². The second-order valence-corrected chi connectivity index (χ2v) is 15.2. The summed E-state index contributed by atoms with van der Waals surface area (Å²) in [5.41, 5.74) is -4.72. The van der Waals surface area contributed by atoms with E-state index in [0.717, 1.165) is 12.5 Å². The van der Waals surface area contributed by atoms with Crippen LogP contribution in [-0.4, -0.2) is 76.5 Å². The summed E-state index contributed by atoms with van der Waals surface area (Å²) in [5.74, 6) is -5.43. The first-order chi connectivity index (χ1) is 22.2. The molecule has 2 aliphatic rings. The van der Waals surface area contributed by atoms with Gasteiger partial charge in [0.2, 0.25) is 5.91 Å². The maximum Gasteiger partial charge on any atom is 0.351 e. The van der Waals surface area contributed by atoms with Gasteiger partial charge in [0, 0.05) is 36.6 Å². The maximum absolute atomic E-state index is 16.5. The zero-order valence-corrected chi connectivity index (χ0v) is 30.5. The van der Waals surface area contributed by atoms with Crippen molar-refractivity contribution in [3.63, 3.8) is 0 Å². The Labute approximate surface area is 285 Å². The molecule has 3 rings (SSSR count). The lowest BCUT2D eigenvalue weighted by molar-refractivity contribution is -0.198. The number of cyclic esters (lactones) is 1. The van der Waals surface area contributed by atoms with Crippen molar-refractivity contribution in [3.8, 4) is 0 Å². The Kier molecular flexibility index (Phi) is 12.5. The third kappa shape index (κ3) is 8.74. The van der Waals surface area contributed by atoms with Crippen molar-refractivity contribution >= 4 is 35.2 Å². The van der Waals surface area contributed by atoms with Crippen LogP contribution in [0.15, 0.2) is 46.5 Å². The average molecular weight is 671 g/mol. The van der Waals surface area contributed by atoms with Gasteiger partial charge in [0.05, 0.1) is 30.6 Å². The number of carbonyl (C=O) groups is 3. The van der Waals surface area contributed by atoms with Gasteiger partial charge < -0.3 is 19.3 Å². The number of carbonyl (C=O) groups excluding carboxylic acids is 3. The number of alkyl halides is 1. The molecule has 0 aromatic heterocycles. The molecule has 2 heterocycles. The molecule has 1 N–H and O–H groups in total. The van der Waals surface area contributed by atoms with Crippen molar-refractivity contribution < 1.29 is 38.1 Å². The number of ketones is 1. The topological polar surface area (TPSA) is 124 Å². The first-order valence-corrected chi connectivity index (χ1v) is 16.9. The minimum Gasteiger partial charge on any atom is -0.457 e. The molecule has 0 aliphatic carbocycles. The summed E-state index contributed by atoms with van der Waals surface area (Å²) in [4.78, 5) is 49.3. The molecule has 1 aromatic rings. The third-order valence-electron chi connectivity index (χ3n) is 9.94. The highest BCUT2D eigenvalue weighted by molar-refractivity contribution is 6.07. The maximum atomic E-state index is 16.5. The van der Waals surface area contributed by atoms with Crippen molar-refractivity contribution in [2.24, 2.45) is 39.1 Å². The normalized spacial score (nSPS) is 37.9. The highest BCUT2D eigenvalue weighted by atomic mass is 19.1. The summed E-state index contributed by atoms with van der Waals surface area (Å²) in [6, 6.07) is 9.67. The van der Waals surface area contributed by atoms with E-state index in [2.05, 4.69) is 4.99 Å². The number of aliphatic hydroxyl groups is 1. The highest BCUT2D eigenvalue weighted by Gasteiger charge is 2.56. The molecule has 48 heavy (non-hydrogen) atoms. The summed E-state index contributed by atoms with van der Waals surface area (Å²) in [6.07, 6.45) is 1.52. The summed E-state index contributed by atoms with van der Waals surface area (Å²) in [5, 5.41) is 12.2. The third-order valence-corrected chi connectivity index (χ3v) is 9.94. The molecule has 266 valence electrons. The highest BCUT2D eigenvalue weighted by Crippen LogP contribution is 2.48. The molecule has 2 fully saturated rings. The van der Waals surface area contributed by atoms with Crippen LogP contribution in [0.1, 0.15) is 94.6 Å². The second kappa shape index (κ2) is 15.2. The summed E-state index contributed by atoms with van der Waals surface area (Å²) >= 11 is 0. The lowest BCUT2D eigenvalue weighted by Gasteiger charge is -2.49. The Balaban J connectivity index is 2.38. The number of rotatable bonds is 3. The number of halogens is 1. The van der Waals surface area contributed by atoms with E-state index in [1.54, 1.807) is 20.0 Å². The fraction of sp³-hybridized carbons (Fsp3) is 0.658. The monoisotopic (exact) mass is 670 g/mol. The van der Waals surface area contributed by atoms with Gasteiger partial charge in [-0.2, -0.15) is 0 Å². The van der Waals surface area contributed by atoms with Crippen molar-refractivity contribution in [2.75, 3.05) is 13.2 Å². The van der Waals surface area contributed by atoms with Gasteiger partial charge in [0.1, 0.15) is 11.7 Å². The Bertz CT molecular complexity index is 1410. The molecule has 9 atom stereocenters. The molecular formula is C38H55FN2O7. The van der Waals surface area contributed by atoms with Crippen LogP contribution >= 0.6 is 0 Å². The van der Waals surface area contributed by atoms with Crippen LogP contribution < -0.4 is 0 Å². The van der Waals surface area contributed by atoms with Gasteiger partial charge in [-0.3, -0.25) is 14.6 Å². The fourth-order valence-corrected chi connectivity index (χ4v) is 8.06. The second-order valence-electron chi connectivity index (χ2n) is 15.2. The van der Waals surface area contributed by atoms with Crippen molar-refractivity contribution in [3.05, 3.63) is 42.1 Å². The number of hydrogen-bond acceptors (Lipinski definition) is 8. The number of hydrogen-bond donors (Lipinski definition) is 1. The van der Waals surface area contributed by atoms with E-state index in [0.29, 0.717) is 11.4 Å². The number of amides is 1. The van der Waals surface area contributed by atoms with Crippen molar-refractivity contribution in [2.45, 2.75) is 118 Å². The number of ether oxygens (including phenoxy) is 3. The number of Topliss-reactive ketones (excluding diaryl/α,β-unsaturated/α-hetero) is 1. The van der Waals surface area contributed by atoms with Crippen molar-refractivity contribution in [1.82, 2.24) is 0 Å². The van der Waals surface area contributed by atoms with Crippen LogP contribution in [0, 0.1) is 29.1 Å². The fourth-order valence-electron chi connectivity index (χ4n) is 8.06. The zero-order valence-electron chi connectivity index (χ0n) is 30.5. The Morgan fingerprint density at radius 2 is 1.69 bits per heavy atom. The molecule has 0 unspecified atom stereocenters. The van der Waals surface area contributed by atoms with E-state index in [-0.39, 0.29) is 26.1 Å². The predicted octanol–water partition coefficient (Wildman–Crippen LogP) is 6.60. The SMILES string of the molecule is CC[C@H]1OC(=O)[C@@](C)(F)C(=O)[C@H](C)[C@@H](C(C)(C)C)[C@@]2(C)C[C@@H](C)/C(=N\C(C)=O)[C@H](C)[C@@H](OC/C(=N\C=C\c3ccccc3)CO2)[C@]1(C)O. The Hall–Kier alpha value is -3.08. The summed E-state index contributed by atoms with van der Waals surface area (Å²) in [6.45, 7) is 18.5. The van der Waals surface area contributed by atoms with Gasteiger partial charge in [0.15, 0.2) is 5.78 Å². The first-order valence-electron chi connectivity index (χ1n) is 16.9. The van der Waals surface area contributed by atoms with Crippen LogP contribution in [0.2, 0.25) is 0 Å². The minimum absolute atomic E-state index is 0.00218. The first kappa shape index (κ1) is 39.4. The predicted molar refractivity (Wildman–Crippen MR) is 185 cm³/mol. The van der Waals surface area contributed by atoms with E-state index >= 15 is 4.39 Å². The molecule has 10 heteroatoms. The molecule has 2 aliphatic heterocycles. The van der Waals surface area contributed by atoms with Gasteiger partial charge in [-0.15, -0.1) is 0 Å². The van der Waals surface area contributed by atoms with E-state index in [9.17, 15) is 19.5 Å². The van der Waals surface area contributed by atoms with Crippen LogP contribution in [0.3, 0.4) is 0 Å². The average Bonchev–Trinajstić information content (AvgIpc) is 3.00. The zero-order chi connectivity index (χ0) is 36.2. The van der Waals surface area contributed by atoms with Crippen molar-refractivity contribution in [1.29, 1.82) is 0 Å². The van der Waals surface area contributed by atoms with Gasteiger partial charge >= 0.3 is 5.97 Å². The number of aliphatic imine (C=N–C) groups is 2. The Morgan fingerprint density at radius 3 is 2.25 bits per heavy atom. The lowest BCUT2D eigenvalue weighted by atomic mass is 9.60. The number of esters is 1. The van der Waals surface area contributed by atoms with E-state index in [4.69, 9.17) is 19.2 Å². The lowest BCUT2D eigenvalue weighted by Crippen LogP contribution is -2.59. The number of benzene rings is 1. The summed E-state index contributed by atoms with van der Waals surface area (Å²) < 4.78 is 35.5. The number of nitrogens with zero attached hydrogens (tertiary/aromatic N) is 2. The molecule has 0 radical (unpaired) electrons. The minimum atomic E-state index is -3.00. The smallest absolute Gasteiger partial charge is 0.351 e. The van der Waals surface area contributed by atoms with Gasteiger partial charge in [-0.25, -0.2) is 14.2 Å². The van der Waals surface area contributed by atoms with Gasteiger partial charge in [0.25, 0.3) is 5.67 Å². The molecule has 2 saturated heterocycles. The standard InChI is InChI=1S/C38H55FN2O7/c1-12-29-38(11,45)33-24(3)30(41-26(5)42)23(2)20-36(9,31(35(6,7)8)25(4)32(43)37(10,39)34(44)48-29)47-22-28(21-46-33)40-19-18-27-16-14-13-15-17-27/h13-19,23-25,29,31,33,45H,12,20-22H2,1-11H3/b19-18+,40-28+,41-30+/t23-,24+,25-,29-,31+,33-,36-,37+,38-/m1/s1. The van der Waals surface area contributed by atoms with E-state index in [1.165, 1.54) is 13.8 Å². The summed E-state index contributed by atoms with van der Waals surface area (Å²) in [7, 11) is 0. The van der Waals surface area contributed by atoms with E-state index < -0.39 is 75.8 Å². The molecule has 0 saturated carbocycles. The van der Waals surface area contributed by atoms with E-state index in [1.807, 2.05) is 78.0 Å². The molecule has 1 aromatic carbocycles. The van der Waals surface area contributed by atoms with Crippen LogP contribution in [0.25, 0.3) is 6.08 Å². The number of fused-ring (bicyclic) bond motifs is 5. The molecule has 2 bridgehead atoms. The van der Waals surface area contributed by atoms with Crippen LogP contribution in [0.4, 0.5) is 4.39 Å². The van der Waals surface area contributed by atoms with Crippen LogP contribution in [-0.2, 0) is 28.6 Å². The van der Waals surface area contributed by atoms with Gasteiger partial charge in [-0.1, -0.05) is 78.8 Å². The molecule has 1 amide bonds. The van der Waals surface area contributed by atoms with Crippen LogP contribution in [0.5, 0.6) is 0 Å².